The lowest BCUT2D eigenvalue weighted by Gasteiger charge is -2.04. The summed E-state index contributed by atoms with van der Waals surface area (Å²) < 4.78 is 6.21. The average molecular weight is 327 g/mol. The third-order valence-electron chi connectivity index (χ3n) is 2.34. The van der Waals surface area contributed by atoms with Gasteiger partial charge in [0.1, 0.15) is 0 Å². The Bertz CT molecular complexity index is 690. The minimum atomic E-state index is -0.791. The monoisotopic (exact) mass is 326 g/mol. The fourth-order valence-electron chi connectivity index (χ4n) is 1.48. The maximum atomic E-state index is 11.8. The van der Waals surface area contributed by atoms with Crippen LogP contribution < -0.4 is 5.43 Å². The Morgan fingerprint density at radius 1 is 1.47 bits per heavy atom. The van der Waals surface area contributed by atoms with Gasteiger partial charge in [0.25, 0.3) is 5.43 Å². The lowest BCUT2D eigenvalue weighted by Crippen LogP contribution is -2.16. The van der Waals surface area contributed by atoms with Crippen LogP contribution in [0.15, 0.2) is 44.5 Å². The van der Waals surface area contributed by atoms with E-state index in [1.165, 1.54) is 23.1 Å². The summed E-state index contributed by atoms with van der Waals surface area (Å²) in [6, 6.07) is 3.06. The van der Waals surface area contributed by atoms with Crippen LogP contribution in [0.2, 0.25) is 0 Å². The first-order chi connectivity index (χ1) is 8.99. The summed E-state index contributed by atoms with van der Waals surface area (Å²) in [7, 11) is 0. The third kappa shape index (κ3) is 2.79. The molecule has 2 aromatic rings. The van der Waals surface area contributed by atoms with E-state index < -0.39 is 16.0 Å². The van der Waals surface area contributed by atoms with Gasteiger partial charge >= 0.3 is 5.69 Å². The summed E-state index contributed by atoms with van der Waals surface area (Å²) in [5.41, 5.74) is -1.33. The number of aromatic nitrogens is 1. The topological polar surface area (TPSA) is 95.3 Å². The molecule has 98 valence electrons. The van der Waals surface area contributed by atoms with Crippen molar-refractivity contribution in [3.05, 3.63) is 61.4 Å². The van der Waals surface area contributed by atoms with Crippen molar-refractivity contribution in [2.24, 2.45) is 0 Å². The number of carbonyl (C=O) groups is 1. The van der Waals surface area contributed by atoms with Gasteiger partial charge in [-0.15, -0.1) is 0 Å². The number of hydrogen-bond acceptors (Lipinski definition) is 5. The van der Waals surface area contributed by atoms with Crippen LogP contribution in [-0.2, 0) is 6.54 Å². The summed E-state index contributed by atoms with van der Waals surface area (Å²) in [5, 5.41) is 10.7. The molecule has 0 radical (unpaired) electrons. The second-order valence-corrected chi connectivity index (χ2v) is 4.50. The molecule has 19 heavy (non-hydrogen) atoms. The van der Waals surface area contributed by atoms with Crippen LogP contribution >= 0.6 is 15.9 Å². The number of ketones is 1. The van der Waals surface area contributed by atoms with E-state index in [-0.39, 0.29) is 22.6 Å². The van der Waals surface area contributed by atoms with Crippen LogP contribution in [0, 0.1) is 10.1 Å². The normalized spacial score (nSPS) is 10.4. The Balaban J connectivity index is 2.34. The molecule has 0 aliphatic carbocycles. The number of halogens is 1. The van der Waals surface area contributed by atoms with E-state index in [1.807, 2.05) is 0 Å². The number of hydrogen-bond donors (Lipinski definition) is 0. The van der Waals surface area contributed by atoms with Gasteiger partial charge in [-0.1, -0.05) is 0 Å². The Kier molecular flexibility index (Phi) is 3.61. The fourth-order valence-corrected chi connectivity index (χ4v) is 1.95. The summed E-state index contributed by atoms with van der Waals surface area (Å²) in [6.07, 6.45) is 3.70. The van der Waals surface area contributed by atoms with E-state index in [4.69, 9.17) is 4.42 Å². The van der Waals surface area contributed by atoms with Crippen molar-refractivity contribution in [1.29, 1.82) is 0 Å². The van der Waals surface area contributed by atoms with Gasteiger partial charge in [0, 0.05) is 6.20 Å². The Labute approximate surface area is 114 Å². The number of nitro groups is 1. The number of rotatable bonds is 4. The van der Waals surface area contributed by atoms with Crippen molar-refractivity contribution in [2.75, 3.05) is 0 Å². The molecule has 0 spiro atoms. The number of pyridine rings is 1. The molecule has 8 heteroatoms. The van der Waals surface area contributed by atoms with E-state index in [0.29, 0.717) is 0 Å². The lowest BCUT2D eigenvalue weighted by molar-refractivity contribution is -0.386. The molecule has 2 rings (SSSR count). The Hall–Kier alpha value is -2.22. The van der Waals surface area contributed by atoms with E-state index in [9.17, 15) is 19.7 Å². The number of furan rings is 1. The minimum Gasteiger partial charge on any atom is -0.461 e. The van der Waals surface area contributed by atoms with Crippen LogP contribution in [0.1, 0.15) is 10.6 Å². The summed E-state index contributed by atoms with van der Waals surface area (Å²) in [4.78, 5) is 33.2. The zero-order chi connectivity index (χ0) is 14.0. The SMILES string of the molecule is O=C(Cn1cc(Br)c(=O)c([N+](=O)[O-])c1)c1ccco1. The van der Waals surface area contributed by atoms with Gasteiger partial charge in [0.2, 0.25) is 5.78 Å². The second-order valence-electron chi connectivity index (χ2n) is 3.65. The molecule has 0 fully saturated rings. The van der Waals surface area contributed by atoms with Gasteiger partial charge in [0.15, 0.2) is 5.76 Å². The van der Waals surface area contributed by atoms with Crippen LogP contribution in [0.4, 0.5) is 5.69 Å². The van der Waals surface area contributed by atoms with Crippen LogP contribution in [-0.4, -0.2) is 15.3 Å². The lowest BCUT2D eigenvalue weighted by atomic mass is 10.3. The summed E-state index contributed by atoms with van der Waals surface area (Å²) in [6.45, 7) is -0.159. The predicted octanol–water partition coefficient (Wildman–Crippen LogP) is 1.99. The Morgan fingerprint density at radius 2 is 2.21 bits per heavy atom. The highest BCUT2D eigenvalue weighted by Crippen LogP contribution is 2.12. The molecule has 0 atom stereocenters. The molecule has 0 saturated carbocycles. The van der Waals surface area contributed by atoms with Crippen molar-refractivity contribution in [2.45, 2.75) is 6.54 Å². The van der Waals surface area contributed by atoms with Gasteiger partial charge in [-0.05, 0) is 28.1 Å². The maximum absolute atomic E-state index is 11.8. The van der Waals surface area contributed by atoms with Crippen LogP contribution in [0.25, 0.3) is 0 Å². The van der Waals surface area contributed by atoms with Crippen molar-refractivity contribution >= 4 is 27.4 Å². The third-order valence-corrected chi connectivity index (χ3v) is 2.90. The van der Waals surface area contributed by atoms with E-state index in [2.05, 4.69) is 15.9 Å². The van der Waals surface area contributed by atoms with E-state index in [1.54, 1.807) is 6.07 Å². The van der Waals surface area contributed by atoms with Gasteiger partial charge < -0.3 is 8.98 Å². The quantitative estimate of drug-likeness (QED) is 0.486. The largest absolute Gasteiger partial charge is 0.461 e. The van der Waals surface area contributed by atoms with Crippen molar-refractivity contribution in [3.63, 3.8) is 0 Å². The first-order valence-corrected chi connectivity index (χ1v) is 5.89. The van der Waals surface area contributed by atoms with E-state index >= 15 is 0 Å². The fraction of sp³-hybridized carbons (Fsp3) is 0.0909. The van der Waals surface area contributed by atoms with Crippen LogP contribution in [0.5, 0.6) is 0 Å². The number of nitrogens with zero attached hydrogens (tertiary/aromatic N) is 2. The van der Waals surface area contributed by atoms with Crippen molar-refractivity contribution in [1.82, 2.24) is 4.57 Å². The Morgan fingerprint density at radius 3 is 2.79 bits per heavy atom. The molecule has 0 bridgehead atoms. The summed E-state index contributed by atoms with van der Waals surface area (Å²) >= 11 is 2.93. The van der Waals surface area contributed by atoms with Gasteiger partial charge in [-0.3, -0.25) is 19.7 Å². The minimum absolute atomic E-state index is 0.0222. The van der Waals surface area contributed by atoms with Crippen molar-refractivity contribution in [3.8, 4) is 0 Å². The molecule has 0 aromatic carbocycles. The standard InChI is InChI=1S/C11H7BrN2O5/c12-7-4-13(5-8(11(7)16)14(17)18)6-9(15)10-2-1-3-19-10/h1-5H,6H2. The molecule has 0 unspecified atom stereocenters. The predicted molar refractivity (Wildman–Crippen MR) is 68.1 cm³/mol. The van der Waals surface area contributed by atoms with Crippen molar-refractivity contribution < 1.29 is 14.1 Å². The van der Waals surface area contributed by atoms with Gasteiger partial charge in [-0.2, -0.15) is 0 Å². The molecule has 2 heterocycles. The molecular weight excluding hydrogens is 320 g/mol. The first-order valence-electron chi connectivity index (χ1n) is 5.09. The van der Waals surface area contributed by atoms with Gasteiger partial charge in [-0.25, -0.2) is 0 Å². The first kappa shape index (κ1) is 13.2. The molecule has 7 nitrogen and oxygen atoms in total. The highest BCUT2D eigenvalue weighted by molar-refractivity contribution is 9.10. The van der Waals surface area contributed by atoms with Gasteiger partial charge in [0.05, 0.1) is 28.4 Å². The molecule has 0 amide bonds. The molecule has 2 aromatic heterocycles. The zero-order valence-corrected chi connectivity index (χ0v) is 11.0. The average Bonchev–Trinajstić information content (AvgIpc) is 2.86. The summed E-state index contributed by atoms with van der Waals surface area (Å²) in [5.74, 6) is -0.202. The molecular formula is C11H7BrN2O5. The number of Topliss-reactive ketones (excluding diaryl/α,β-unsaturated/α-hetero) is 1. The highest BCUT2D eigenvalue weighted by Gasteiger charge is 2.17. The number of carbonyl (C=O) groups excluding carboxylic acids is 1. The highest BCUT2D eigenvalue weighted by atomic mass is 79.9. The molecule has 0 aliphatic rings. The second kappa shape index (κ2) is 5.19. The smallest absolute Gasteiger partial charge is 0.333 e. The van der Waals surface area contributed by atoms with Crippen LogP contribution in [0.3, 0.4) is 0 Å². The maximum Gasteiger partial charge on any atom is 0.333 e. The molecule has 0 aliphatic heterocycles. The van der Waals surface area contributed by atoms with E-state index in [0.717, 1.165) is 6.20 Å². The molecule has 0 N–H and O–H groups in total. The zero-order valence-electron chi connectivity index (χ0n) is 9.41. The molecule has 0 saturated heterocycles.